The number of rotatable bonds is 20. The summed E-state index contributed by atoms with van der Waals surface area (Å²) in [5, 5.41) is 0. The highest BCUT2D eigenvalue weighted by Gasteiger charge is 2.11. The molecule has 0 saturated carbocycles. The molecule has 216 valence electrons. The molecule has 0 fully saturated rings. The second-order valence-corrected chi connectivity index (χ2v) is 11.2. The summed E-state index contributed by atoms with van der Waals surface area (Å²) < 4.78 is 0. The molecule has 0 heterocycles. The fraction of sp³-hybridized carbons (Fsp3) is 0.622. The van der Waals surface area contributed by atoms with E-state index in [1.165, 1.54) is 111 Å². The van der Waals surface area contributed by atoms with Gasteiger partial charge in [-0.3, -0.25) is 9.98 Å². The van der Waals surface area contributed by atoms with Gasteiger partial charge in [-0.25, -0.2) is 0 Å². The second-order valence-electron chi connectivity index (χ2n) is 11.2. The molecule has 0 spiro atoms. The smallest absolute Gasteiger partial charge is 0.0636 e. The van der Waals surface area contributed by atoms with E-state index < -0.39 is 0 Å². The molecule has 0 radical (unpaired) electrons. The first-order valence-corrected chi connectivity index (χ1v) is 16.5. The first-order valence-electron chi connectivity index (χ1n) is 16.5. The third kappa shape index (κ3) is 11.8. The minimum Gasteiger partial charge on any atom is -0.252 e. The summed E-state index contributed by atoms with van der Waals surface area (Å²) in [6.07, 6.45) is 20.1. The lowest BCUT2D eigenvalue weighted by atomic mass is 9.97. The molecule has 0 atom stereocenters. The van der Waals surface area contributed by atoms with Crippen LogP contribution in [0, 0.1) is 0 Å². The molecule has 0 amide bonds. The standard InChI is InChI=1S/C37H58N2/c1-7-13-18-23-37(39-35-27-25-31(20-15-9-3)33(29-35)22-17-11-5)36(12-6)38-34-26-24-30(19-14-8-2)32(28-34)21-16-10-4/h24-29H,7-23H2,1-6H3. The van der Waals surface area contributed by atoms with E-state index in [1.807, 2.05) is 0 Å². The zero-order valence-corrected chi connectivity index (χ0v) is 26.4. The summed E-state index contributed by atoms with van der Waals surface area (Å²) >= 11 is 0. The van der Waals surface area contributed by atoms with Crippen molar-refractivity contribution in [3.63, 3.8) is 0 Å². The maximum Gasteiger partial charge on any atom is 0.0636 e. The summed E-state index contributed by atoms with van der Waals surface area (Å²) in [6.45, 7) is 13.6. The maximum atomic E-state index is 5.30. The number of hydrogen-bond donors (Lipinski definition) is 0. The zero-order chi connectivity index (χ0) is 28.3. The largest absolute Gasteiger partial charge is 0.252 e. The molecule has 0 unspecified atom stereocenters. The Labute approximate surface area is 241 Å². The van der Waals surface area contributed by atoms with Gasteiger partial charge >= 0.3 is 0 Å². The van der Waals surface area contributed by atoms with Crippen LogP contribution < -0.4 is 0 Å². The van der Waals surface area contributed by atoms with Crippen molar-refractivity contribution in [2.75, 3.05) is 0 Å². The van der Waals surface area contributed by atoms with Gasteiger partial charge in [0, 0.05) is 0 Å². The van der Waals surface area contributed by atoms with E-state index in [-0.39, 0.29) is 0 Å². The Hall–Kier alpha value is -2.22. The molecule has 2 rings (SSSR count). The molecule has 0 N–H and O–H groups in total. The minimum absolute atomic E-state index is 0.907. The lowest BCUT2D eigenvalue weighted by Gasteiger charge is -2.14. The average molecular weight is 531 g/mol. The lowest BCUT2D eigenvalue weighted by molar-refractivity contribution is 0.743. The summed E-state index contributed by atoms with van der Waals surface area (Å²) in [5.74, 6) is 0. The van der Waals surface area contributed by atoms with Gasteiger partial charge in [0.15, 0.2) is 0 Å². The van der Waals surface area contributed by atoms with Crippen LogP contribution in [0.2, 0.25) is 0 Å². The Morgan fingerprint density at radius 3 is 1.28 bits per heavy atom. The molecule has 0 bridgehead atoms. The molecule has 39 heavy (non-hydrogen) atoms. The SMILES string of the molecule is CCCCCC(=Nc1ccc(CCCC)c(CCCC)c1)C(CC)=Nc1ccc(CCCC)c(CCCC)c1. The van der Waals surface area contributed by atoms with Gasteiger partial charge in [0.05, 0.1) is 22.8 Å². The molecule has 2 aromatic carbocycles. The van der Waals surface area contributed by atoms with Crippen LogP contribution in [0.4, 0.5) is 11.4 Å². The van der Waals surface area contributed by atoms with Gasteiger partial charge in [-0.2, -0.15) is 0 Å². The van der Waals surface area contributed by atoms with Crippen molar-refractivity contribution in [3.8, 4) is 0 Å². The van der Waals surface area contributed by atoms with Crippen LogP contribution in [0.5, 0.6) is 0 Å². The van der Waals surface area contributed by atoms with E-state index in [9.17, 15) is 0 Å². The summed E-state index contributed by atoms with van der Waals surface area (Å²) in [7, 11) is 0. The monoisotopic (exact) mass is 530 g/mol. The number of nitrogens with zero attached hydrogens (tertiary/aromatic N) is 2. The predicted octanol–water partition coefficient (Wildman–Crippen LogP) is 11.9. The summed E-state index contributed by atoms with van der Waals surface area (Å²) in [5.41, 5.74) is 10.6. The van der Waals surface area contributed by atoms with E-state index >= 15 is 0 Å². The third-order valence-electron chi connectivity index (χ3n) is 7.79. The molecule has 0 aromatic heterocycles. The van der Waals surface area contributed by atoms with Gasteiger partial charge in [0.1, 0.15) is 0 Å². The Bertz CT molecular complexity index is 1010. The Morgan fingerprint density at radius 2 is 0.872 bits per heavy atom. The highest BCUT2D eigenvalue weighted by molar-refractivity contribution is 6.43. The second kappa shape index (κ2) is 19.8. The molecule has 0 saturated heterocycles. The Kier molecular flexibility index (Phi) is 16.7. The minimum atomic E-state index is 0.907. The molecule has 0 aliphatic heterocycles. The fourth-order valence-corrected chi connectivity index (χ4v) is 5.25. The number of aryl methyl sites for hydroxylation is 4. The van der Waals surface area contributed by atoms with Gasteiger partial charge in [0.2, 0.25) is 0 Å². The van der Waals surface area contributed by atoms with Crippen molar-refractivity contribution >= 4 is 22.8 Å². The van der Waals surface area contributed by atoms with Gasteiger partial charge in [-0.05, 0) is 117 Å². The van der Waals surface area contributed by atoms with Crippen LogP contribution in [0.15, 0.2) is 46.4 Å². The van der Waals surface area contributed by atoms with Crippen molar-refractivity contribution in [2.24, 2.45) is 9.98 Å². The Balaban J connectivity index is 2.47. The van der Waals surface area contributed by atoms with Gasteiger partial charge in [-0.1, -0.05) is 92.2 Å². The average Bonchev–Trinajstić information content (AvgIpc) is 2.96. The van der Waals surface area contributed by atoms with Crippen LogP contribution in [-0.2, 0) is 25.7 Å². The lowest BCUT2D eigenvalue weighted by Crippen LogP contribution is -2.13. The summed E-state index contributed by atoms with van der Waals surface area (Å²) in [4.78, 5) is 10.6. The summed E-state index contributed by atoms with van der Waals surface area (Å²) in [6, 6.07) is 13.9. The van der Waals surface area contributed by atoms with E-state index in [2.05, 4.69) is 77.9 Å². The number of aliphatic imine (C=N–C) groups is 2. The normalized spacial score (nSPS) is 12.4. The molecular weight excluding hydrogens is 472 g/mol. The van der Waals surface area contributed by atoms with Crippen LogP contribution in [0.1, 0.15) is 147 Å². The third-order valence-corrected chi connectivity index (χ3v) is 7.79. The highest BCUT2D eigenvalue weighted by atomic mass is 14.8. The van der Waals surface area contributed by atoms with Crippen LogP contribution in [-0.4, -0.2) is 11.4 Å². The zero-order valence-electron chi connectivity index (χ0n) is 26.4. The molecule has 2 nitrogen and oxygen atoms in total. The topological polar surface area (TPSA) is 24.7 Å². The van der Waals surface area contributed by atoms with Crippen molar-refractivity contribution in [1.82, 2.24) is 0 Å². The molecular formula is C37H58N2. The van der Waals surface area contributed by atoms with Gasteiger partial charge in [-0.15, -0.1) is 0 Å². The number of hydrogen-bond acceptors (Lipinski definition) is 2. The highest BCUT2D eigenvalue weighted by Crippen LogP contribution is 2.26. The molecule has 0 aliphatic carbocycles. The number of unbranched alkanes of at least 4 members (excludes halogenated alkanes) is 6. The maximum absolute atomic E-state index is 5.30. The quantitative estimate of drug-likeness (QED) is 0.120. The van der Waals surface area contributed by atoms with Crippen molar-refractivity contribution in [2.45, 2.75) is 151 Å². The van der Waals surface area contributed by atoms with Crippen LogP contribution in [0.3, 0.4) is 0 Å². The molecule has 0 aliphatic rings. The van der Waals surface area contributed by atoms with Crippen molar-refractivity contribution < 1.29 is 0 Å². The van der Waals surface area contributed by atoms with Crippen molar-refractivity contribution in [1.29, 1.82) is 0 Å². The molecule has 2 aromatic rings. The van der Waals surface area contributed by atoms with Gasteiger partial charge in [0.25, 0.3) is 0 Å². The van der Waals surface area contributed by atoms with E-state index in [0.29, 0.717) is 0 Å². The first-order chi connectivity index (χ1) is 19.1. The fourth-order valence-electron chi connectivity index (χ4n) is 5.25. The van der Waals surface area contributed by atoms with Crippen LogP contribution >= 0.6 is 0 Å². The Morgan fingerprint density at radius 1 is 0.462 bits per heavy atom. The first kappa shape index (κ1) is 33.0. The van der Waals surface area contributed by atoms with Crippen molar-refractivity contribution in [3.05, 3.63) is 58.7 Å². The van der Waals surface area contributed by atoms with Crippen LogP contribution in [0.25, 0.3) is 0 Å². The van der Waals surface area contributed by atoms with E-state index in [0.717, 1.165) is 42.8 Å². The number of benzene rings is 2. The molecule has 2 heteroatoms. The van der Waals surface area contributed by atoms with Gasteiger partial charge < -0.3 is 0 Å². The predicted molar refractivity (Wildman–Crippen MR) is 176 cm³/mol. The van der Waals surface area contributed by atoms with E-state index in [1.54, 1.807) is 0 Å². The van der Waals surface area contributed by atoms with E-state index in [4.69, 9.17) is 9.98 Å².